The van der Waals surface area contributed by atoms with Crippen molar-refractivity contribution < 1.29 is 18.3 Å². The molecule has 1 amide bonds. The van der Waals surface area contributed by atoms with Crippen LogP contribution >= 0.6 is 0 Å². The number of halogens is 2. The van der Waals surface area contributed by atoms with Crippen LogP contribution in [0.2, 0.25) is 0 Å². The molecular weight excluding hydrogens is 442 g/mol. The van der Waals surface area contributed by atoms with Crippen LogP contribution in [0.1, 0.15) is 46.6 Å². The Morgan fingerprint density at radius 2 is 1.97 bits per heavy atom. The average molecular weight is 464 g/mol. The molecule has 174 valence electrons. The monoisotopic (exact) mass is 464 g/mol. The third-order valence-corrected chi connectivity index (χ3v) is 5.49. The zero-order valence-corrected chi connectivity index (χ0v) is 18.4. The summed E-state index contributed by atoms with van der Waals surface area (Å²) < 4.78 is 31.2. The molecule has 4 rings (SSSR count). The Kier molecular flexibility index (Phi) is 7.04. The quantitative estimate of drug-likeness (QED) is 0.552. The number of aryl methyl sites for hydroxylation is 1. The molecular formula is C24H22F2N6O2. The highest BCUT2D eigenvalue weighted by molar-refractivity contribution is 6.04. The predicted molar refractivity (Wildman–Crippen MR) is 122 cm³/mol. The fourth-order valence-electron chi connectivity index (χ4n) is 3.65. The Hall–Kier alpha value is -3.97. The maximum atomic E-state index is 12.9. The largest absolute Gasteiger partial charge is 0.381 e. The summed E-state index contributed by atoms with van der Waals surface area (Å²) in [5, 5.41) is 15.7. The van der Waals surface area contributed by atoms with Crippen LogP contribution in [0.15, 0.2) is 42.9 Å². The van der Waals surface area contributed by atoms with Crippen molar-refractivity contribution in [1.29, 1.82) is 5.26 Å². The molecule has 1 fully saturated rings. The first-order chi connectivity index (χ1) is 16.4. The zero-order chi connectivity index (χ0) is 24.1. The summed E-state index contributed by atoms with van der Waals surface area (Å²) in [5.74, 6) is -0.0477. The second-order valence-corrected chi connectivity index (χ2v) is 7.84. The predicted octanol–water partition coefficient (Wildman–Crippen LogP) is 4.50. The highest BCUT2D eigenvalue weighted by Gasteiger charge is 2.18. The molecule has 3 aromatic heterocycles. The number of rotatable bonds is 6. The van der Waals surface area contributed by atoms with E-state index < -0.39 is 18.0 Å². The minimum atomic E-state index is -2.77. The van der Waals surface area contributed by atoms with Gasteiger partial charge in [-0.1, -0.05) is 0 Å². The molecule has 0 aliphatic carbocycles. The standard InChI is InChI=1S/C24H22F2N6O2/c1-14-20(17-8-16(11-27)23(30-12-17)31-18-3-6-34-7-4-18)10-19(13-29-14)32-24(33)15-2-5-28-21(9-15)22(25)26/h2,5,8-10,12-13,18,22H,3-4,6-7H2,1H3,(H,30,31)(H,32,33). The molecule has 0 atom stereocenters. The van der Waals surface area contributed by atoms with Crippen molar-refractivity contribution in [2.45, 2.75) is 32.2 Å². The average Bonchev–Trinajstić information content (AvgIpc) is 2.86. The Labute approximate surface area is 195 Å². The van der Waals surface area contributed by atoms with E-state index in [4.69, 9.17) is 4.74 Å². The van der Waals surface area contributed by atoms with Crippen molar-refractivity contribution in [3.8, 4) is 17.2 Å². The van der Waals surface area contributed by atoms with E-state index in [0.717, 1.165) is 18.9 Å². The summed E-state index contributed by atoms with van der Waals surface area (Å²) in [6, 6.07) is 8.22. The maximum Gasteiger partial charge on any atom is 0.280 e. The molecule has 1 aliphatic rings. The van der Waals surface area contributed by atoms with Crippen LogP contribution in [-0.4, -0.2) is 40.1 Å². The Bertz CT molecular complexity index is 1240. The number of carbonyl (C=O) groups is 1. The molecule has 34 heavy (non-hydrogen) atoms. The normalized spacial score (nSPS) is 14.0. The maximum absolute atomic E-state index is 12.9. The van der Waals surface area contributed by atoms with Crippen LogP contribution in [0.25, 0.3) is 11.1 Å². The number of nitrogens with one attached hydrogen (secondary N) is 2. The number of nitriles is 1. The SMILES string of the molecule is Cc1ncc(NC(=O)c2ccnc(C(F)F)c2)cc1-c1cnc(NC2CCOCC2)c(C#N)c1. The molecule has 0 radical (unpaired) electrons. The van der Waals surface area contributed by atoms with Gasteiger partial charge in [0.05, 0.1) is 17.4 Å². The third kappa shape index (κ3) is 5.32. The molecule has 1 aliphatic heterocycles. The first-order valence-electron chi connectivity index (χ1n) is 10.7. The molecule has 3 aromatic rings. The van der Waals surface area contributed by atoms with Crippen molar-refractivity contribution in [3.05, 3.63) is 65.4 Å². The molecule has 4 heterocycles. The first kappa shape index (κ1) is 23.2. The summed E-state index contributed by atoms with van der Waals surface area (Å²) in [6.45, 7) is 3.15. The molecule has 8 nitrogen and oxygen atoms in total. The number of hydrogen-bond donors (Lipinski definition) is 2. The van der Waals surface area contributed by atoms with Gasteiger partial charge in [0.2, 0.25) is 0 Å². The van der Waals surface area contributed by atoms with E-state index in [9.17, 15) is 18.8 Å². The van der Waals surface area contributed by atoms with Crippen LogP contribution in [0.3, 0.4) is 0 Å². The number of amides is 1. The second kappa shape index (κ2) is 10.3. The van der Waals surface area contributed by atoms with Crippen molar-refractivity contribution in [3.63, 3.8) is 0 Å². The lowest BCUT2D eigenvalue weighted by Crippen LogP contribution is -2.28. The van der Waals surface area contributed by atoms with Gasteiger partial charge in [0.1, 0.15) is 17.6 Å². The molecule has 0 unspecified atom stereocenters. The van der Waals surface area contributed by atoms with E-state index in [0.29, 0.717) is 47.1 Å². The van der Waals surface area contributed by atoms with Gasteiger partial charge in [0.25, 0.3) is 12.3 Å². The van der Waals surface area contributed by atoms with Gasteiger partial charge < -0.3 is 15.4 Å². The summed E-state index contributed by atoms with van der Waals surface area (Å²) in [6.07, 6.45) is 3.21. The minimum Gasteiger partial charge on any atom is -0.381 e. The number of aromatic nitrogens is 3. The van der Waals surface area contributed by atoms with E-state index in [1.165, 1.54) is 18.5 Å². The minimum absolute atomic E-state index is 0.0596. The van der Waals surface area contributed by atoms with Crippen LogP contribution in [0, 0.1) is 18.3 Å². The number of carbonyl (C=O) groups excluding carboxylic acids is 1. The topological polar surface area (TPSA) is 113 Å². The van der Waals surface area contributed by atoms with Crippen molar-refractivity contribution in [2.75, 3.05) is 23.8 Å². The number of nitrogens with zero attached hydrogens (tertiary/aromatic N) is 4. The van der Waals surface area contributed by atoms with Gasteiger partial charge in [-0.05, 0) is 44.0 Å². The van der Waals surface area contributed by atoms with Gasteiger partial charge in [-0.15, -0.1) is 0 Å². The van der Waals surface area contributed by atoms with Gasteiger partial charge in [0.15, 0.2) is 0 Å². The summed E-state index contributed by atoms with van der Waals surface area (Å²) in [4.78, 5) is 24.9. The van der Waals surface area contributed by atoms with Crippen molar-refractivity contribution in [1.82, 2.24) is 15.0 Å². The van der Waals surface area contributed by atoms with Crippen LogP contribution < -0.4 is 10.6 Å². The lowest BCUT2D eigenvalue weighted by Gasteiger charge is -2.24. The fraction of sp³-hybridized carbons (Fsp3) is 0.292. The number of pyridine rings is 3. The fourth-order valence-corrected chi connectivity index (χ4v) is 3.65. The molecule has 0 bridgehead atoms. The number of alkyl halides is 2. The summed E-state index contributed by atoms with van der Waals surface area (Å²) in [5.41, 5.74) is 2.39. The van der Waals surface area contributed by atoms with Crippen molar-refractivity contribution in [2.24, 2.45) is 0 Å². The van der Waals surface area contributed by atoms with Gasteiger partial charge in [-0.3, -0.25) is 14.8 Å². The molecule has 10 heteroatoms. The molecule has 0 spiro atoms. The van der Waals surface area contributed by atoms with Gasteiger partial charge in [-0.25, -0.2) is 13.8 Å². The number of anilines is 2. The Morgan fingerprint density at radius 1 is 1.18 bits per heavy atom. The van der Waals surface area contributed by atoms with E-state index in [-0.39, 0.29) is 11.6 Å². The van der Waals surface area contributed by atoms with E-state index in [2.05, 4.69) is 31.7 Å². The van der Waals surface area contributed by atoms with E-state index in [1.807, 2.05) is 0 Å². The lowest BCUT2D eigenvalue weighted by atomic mass is 10.0. The Balaban J connectivity index is 1.56. The van der Waals surface area contributed by atoms with Gasteiger partial charge in [-0.2, -0.15) is 5.26 Å². The van der Waals surface area contributed by atoms with Crippen LogP contribution in [-0.2, 0) is 4.74 Å². The number of hydrogen-bond acceptors (Lipinski definition) is 7. The highest BCUT2D eigenvalue weighted by Crippen LogP contribution is 2.28. The van der Waals surface area contributed by atoms with Gasteiger partial charge in [0, 0.05) is 54.0 Å². The highest BCUT2D eigenvalue weighted by atomic mass is 19.3. The van der Waals surface area contributed by atoms with Crippen LogP contribution in [0.5, 0.6) is 0 Å². The molecule has 0 aromatic carbocycles. The first-order valence-corrected chi connectivity index (χ1v) is 10.7. The third-order valence-electron chi connectivity index (χ3n) is 5.49. The van der Waals surface area contributed by atoms with Crippen molar-refractivity contribution >= 4 is 17.4 Å². The molecule has 0 saturated carbocycles. The van der Waals surface area contributed by atoms with Gasteiger partial charge >= 0.3 is 0 Å². The summed E-state index contributed by atoms with van der Waals surface area (Å²) >= 11 is 0. The lowest BCUT2D eigenvalue weighted by molar-refractivity contribution is 0.0903. The molecule has 1 saturated heterocycles. The smallest absolute Gasteiger partial charge is 0.280 e. The second-order valence-electron chi connectivity index (χ2n) is 7.84. The molecule has 2 N–H and O–H groups in total. The Morgan fingerprint density at radius 3 is 2.71 bits per heavy atom. The van der Waals surface area contributed by atoms with E-state index >= 15 is 0 Å². The van der Waals surface area contributed by atoms with Crippen LogP contribution in [0.4, 0.5) is 20.3 Å². The zero-order valence-electron chi connectivity index (χ0n) is 18.4. The van der Waals surface area contributed by atoms with E-state index in [1.54, 1.807) is 25.3 Å². The summed E-state index contributed by atoms with van der Waals surface area (Å²) in [7, 11) is 0. The number of ether oxygens (including phenoxy) is 1.